The first-order valence-corrected chi connectivity index (χ1v) is 6.92. The third-order valence-electron chi connectivity index (χ3n) is 3.95. The van der Waals surface area contributed by atoms with E-state index in [2.05, 4.69) is 5.32 Å². The largest absolute Gasteiger partial charge is 0.467 e. The molecular formula is C16H18FNO2. The van der Waals surface area contributed by atoms with Crippen LogP contribution < -0.4 is 5.32 Å². The molecule has 2 N–H and O–H groups in total. The van der Waals surface area contributed by atoms with E-state index in [1.807, 2.05) is 12.1 Å². The van der Waals surface area contributed by atoms with Crippen LogP contribution in [0.3, 0.4) is 0 Å². The minimum absolute atomic E-state index is 0.190. The van der Waals surface area contributed by atoms with Crippen LogP contribution in [0.15, 0.2) is 47.1 Å². The van der Waals surface area contributed by atoms with E-state index >= 15 is 0 Å². The van der Waals surface area contributed by atoms with E-state index < -0.39 is 6.10 Å². The minimum atomic E-state index is -0.602. The standard InChI is InChI=1S/C16H18FNO2/c17-13-5-3-11(4-6-13)12-8-14(9-12)18-10-15(19)16-2-1-7-20-16/h1-7,12,14-15,18-19H,8-10H2/t12?,14?,15-/m0/s1. The summed E-state index contributed by atoms with van der Waals surface area (Å²) in [5.74, 6) is 0.894. The Hall–Kier alpha value is -1.65. The summed E-state index contributed by atoms with van der Waals surface area (Å²) in [5.41, 5.74) is 1.19. The molecule has 4 heteroatoms. The smallest absolute Gasteiger partial charge is 0.133 e. The molecule has 0 radical (unpaired) electrons. The number of hydrogen-bond acceptors (Lipinski definition) is 3. The molecule has 1 fully saturated rings. The van der Waals surface area contributed by atoms with Crippen molar-refractivity contribution in [1.29, 1.82) is 0 Å². The third-order valence-corrected chi connectivity index (χ3v) is 3.95. The summed E-state index contributed by atoms with van der Waals surface area (Å²) in [7, 11) is 0. The Labute approximate surface area is 117 Å². The molecule has 0 aliphatic heterocycles. The fourth-order valence-electron chi connectivity index (χ4n) is 2.65. The molecule has 0 saturated heterocycles. The molecule has 0 spiro atoms. The van der Waals surface area contributed by atoms with E-state index in [0.29, 0.717) is 24.3 Å². The molecular weight excluding hydrogens is 257 g/mol. The number of hydrogen-bond donors (Lipinski definition) is 2. The van der Waals surface area contributed by atoms with Crippen molar-refractivity contribution < 1.29 is 13.9 Å². The van der Waals surface area contributed by atoms with Gasteiger partial charge in [0.15, 0.2) is 0 Å². The molecule has 1 heterocycles. The molecule has 1 aliphatic carbocycles. The molecule has 0 amide bonds. The van der Waals surface area contributed by atoms with E-state index in [0.717, 1.165) is 12.8 Å². The molecule has 1 saturated carbocycles. The van der Waals surface area contributed by atoms with Gasteiger partial charge in [0.25, 0.3) is 0 Å². The Morgan fingerprint density at radius 3 is 2.65 bits per heavy atom. The van der Waals surface area contributed by atoms with Gasteiger partial charge in [-0.05, 0) is 48.6 Å². The van der Waals surface area contributed by atoms with Gasteiger partial charge in [0, 0.05) is 12.6 Å². The van der Waals surface area contributed by atoms with Crippen molar-refractivity contribution in [2.45, 2.75) is 30.9 Å². The monoisotopic (exact) mass is 275 g/mol. The SMILES string of the molecule is O[C@@H](CNC1CC(c2ccc(F)cc2)C1)c1ccco1. The van der Waals surface area contributed by atoms with Crippen molar-refractivity contribution in [3.63, 3.8) is 0 Å². The molecule has 1 aliphatic rings. The second-order valence-electron chi connectivity index (χ2n) is 5.36. The van der Waals surface area contributed by atoms with Crippen LogP contribution >= 0.6 is 0 Å². The number of rotatable bonds is 5. The fourth-order valence-corrected chi connectivity index (χ4v) is 2.65. The zero-order chi connectivity index (χ0) is 13.9. The molecule has 0 bridgehead atoms. The normalized spacial score (nSPS) is 23.3. The number of aliphatic hydroxyl groups is 1. The lowest BCUT2D eigenvalue weighted by molar-refractivity contribution is 0.134. The maximum absolute atomic E-state index is 12.8. The Kier molecular flexibility index (Phi) is 3.85. The number of nitrogens with one attached hydrogen (secondary N) is 1. The van der Waals surface area contributed by atoms with E-state index in [4.69, 9.17) is 4.42 Å². The fraction of sp³-hybridized carbons (Fsp3) is 0.375. The predicted octanol–water partition coefficient (Wildman–Crippen LogP) is 2.99. The molecule has 0 unspecified atom stereocenters. The molecule has 1 aromatic heterocycles. The summed E-state index contributed by atoms with van der Waals surface area (Å²) in [4.78, 5) is 0. The summed E-state index contributed by atoms with van der Waals surface area (Å²) in [6.07, 6.45) is 3.01. The van der Waals surface area contributed by atoms with Crippen molar-refractivity contribution in [3.05, 3.63) is 59.8 Å². The predicted molar refractivity (Wildman–Crippen MR) is 73.8 cm³/mol. The Morgan fingerprint density at radius 1 is 1.25 bits per heavy atom. The van der Waals surface area contributed by atoms with Crippen LogP contribution in [-0.4, -0.2) is 17.7 Å². The molecule has 2 aromatic rings. The first-order valence-electron chi connectivity index (χ1n) is 6.92. The summed E-state index contributed by atoms with van der Waals surface area (Å²) in [6, 6.07) is 10.7. The van der Waals surface area contributed by atoms with Gasteiger partial charge in [0.05, 0.1) is 6.26 Å². The summed E-state index contributed by atoms with van der Waals surface area (Å²) < 4.78 is 18.0. The van der Waals surface area contributed by atoms with Gasteiger partial charge < -0.3 is 14.8 Å². The number of furan rings is 1. The van der Waals surface area contributed by atoms with E-state index in [9.17, 15) is 9.50 Å². The second-order valence-corrected chi connectivity index (χ2v) is 5.36. The lowest BCUT2D eigenvalue weighted by Gasteiger charge is -2.36. The van der Waals surface area contributed by atoms with Gasteiger partial charge in [-0.2, -0.15) is 0 Å². The van der Waals surface area contributed by atoms with Gasteiger partial charge in [-0.15, -0.1) is 0 Å². The highest BCUT2D eigenvalue weighted by atomic mass is 19.1. The first-order chi connectivity index (χ1) is 9.72. The van der Waals surface area contributed by atoms with Gasteiger partial charge in [-0.3, -0.25) is 0 Å². The molecule has 1 atom stereocenters. The topological polar surface area (TPSA) is 45.4 Å². The van der Waals surface area contributed by atoms with Crippen molar-refractivity contribution in [2.24, 2.45) is 0 Å². The van der Waals surface area contributed by atoms with E-state index in [1.54, 1.807) is 18.4 Å². The lowest BCUT2D eigenvalue weighted by Crippen LogP contribution is -2.41. The minimum Gasteiger partial charge on any atom is -0.467 e. The molecule has 3 rings (SSSR count). The molecule has 1 aromatic carbocycles. The number of aliphatic hydroxyl groups excluding tert-OH is 1. The van der Waals surface area contributed by atoms with Gasteiger partial charge >= 0.3 is 0 Å². The van der Waals surface area contributed by atoms with Crippen LogP contribution in [0.5, 0.6) is 0 Å². The maximum atomic E-state index is 12.8. The van der Waals surface area contributed by atoms with Crippen LogP contribution in [0.25, 0.3) is 0 Å². The van der Waals surface area contributed by atoms with Gasteiger partial charge in [0.2, 0.25) is 0 Å². The lowest BCUT2D eigenvalue weighted by atomic mass is 9.76. The van der Waals surface area contributed by atoms with Crippen LogP contribution in [0.4, 0.5) is 4.39 Å². The average Bonchev–Trinajstić information content (AvgIpc) is 2.92. The second kappa shape index (κ2) is 5.77. The van der Waals surface area contributed by atoms with Crippen LogP contribution in [0.1, 0.15) is 36.2 Å². The Morgan fingerprint density at radius 2 is 2.00 bits per heavy atom. The number of benzene rings is 1. The summed E-state index contributed by atoms with van der Waals surface area (Å²) >= 11 is 0. The summed E-state index contributed by atoms with van der Waals surface area (Å²) in [5, 5.41) is 13.2. The Balaban J connectivity index is 1.43. The molecule has 106 valence electrons. The van der Waals surface area contributed by atoms with E-state index in [-0.39, 0.29) is 5.82 Å². The van der Waals surface area contributed by atoms with Gasteiger partial charge in [-0.1, -0.05) is 12.1 Å². The quantitative estimate of drug-likeness (QED) is 0.881. The van der Waals surface area contributed by atoms with Crippen molar-refractivity contribution >= 4 is 0 Å². The zero-order valence-electron chi connectivity index (χ0n) is 11.1. The highest BCUT2D eigenvalue weighted by molar-refractivity contribution is 5.23. The van der Waals surface area contributed by atoms with Gasteiger partial charge in [-0.25, -0.2) is 4.39 Å². The van der Waals surface area contributed by atoms with Crippen LogP contribution in [0.2, 0.25) is 0 Å². The average molecular weight is 275 g/mol. The Bertz CT molecular complexity index is 532. The highest BCUT2D eigenvalue weighted by Crippen LogP contribution is 2.36. The maximum Gasteiger partial charge on any atom is 0.133 e. The van der Waals surface area contributed by atoms with Gasteiger partial charge in [0.1, 0.15) is 17.7 Å². The van der Waals surface area contributed by atoms with Crippen LogP contribution in [-0.2, 0) is 0 Å². The zero-order valence-corrected chi connectivity index (χ0v) is 11.1. The third kappa shape index (κ3) is 2.92. The van der Waals surface area contributed by atoms with E-state index in [1.165, 1.54) is 17.7 Å². The van der Waals surface area contributed by atoms with Crippen molar-refractivity contribution in [1.82, 2.24) is 5.32 Å². The molecule has 20 heavy (non-hydrogen) atoms. The first kappa shape index (κ1) is 13.3. The van der Waals surface area contributed by atoms with Crippen LogP contribution in [0, 0.1) is 5.82 Å². The highest BCUT2D eigenvalue weighted by Gasteiger charge is 2.30. The van der Waals surface area contributed by atoms with Crippen molar-refractivity contribution in [3.8, 4) is 0 Å². The molecule has 3 nitrogen and oxygen atoms in total. The number of halogens is 1. The van der Waals surface area contributed by atoms with Crippen molar-refractivity contribution in [2.75, 3.05) is 6.54 Å². The summed E-state index contributed by atoms with van der Waals surface area (Å²) in [6.45, 7) is 0.494.